The molecule has 0 bridgehead atoms. The summed E-state index contributed by atoms with van der Waals surface area (Å²) in [4.78, 5) is 0. The van der Waals surface area contributed by atoms with Crippen LogP contribution in [0.1, 0.15) is 11.6 Å². The highest BCUT2D eigenvalue weighted by Crippen LogP contribution is 2.38. The maximum atomic E-state index is 9.41. The predicted octanol–water partition coefficient (Wildman–Crippen LogP) is 4.24. The number of phenols is 1. The van der Waals surface area contributed by atoms with Gasteiger partial charge in [0.2, 0.25) is 0 Å². The number of phenolic OH excluding ortho intramolecular Hbond substituents is 1. The third kappa shape index (κ3) is 2.44. The molecule has 0 radical (unpaired) electrons. The van der Waals surface area contributed by atoms with Crippen molar-refractivity contribution in [2.75, 3.05) is 11.9 Å². The minimum atomic E-state index is -0.00781. The molecule has 1 aliphatic rings. The Hall–Kier alpha value is -1.58. The first kappa shape index (κ1) is 12.5. The van der Waals surface area contributed by atoms with Gasteiger partial charge in [-0.05, 0) is 30.3 Å². The lowest BCUT2D eigenvalue weighted by Gasteiger charge is -2.14. The number of anilines is 1. The van der Waals surface area contributed by atoms with Crippen LogP contribution in [0.2, 0.25) is 10.0 Å². The molecule has 2 aromatic carbocycles. The van der Waals surface area contributed by atoms with Crippen LogP contribution in [0.5, 0.6) is 11.5 Å². The quantitative estimate of drug-likeness (QED) is 0.870. The van der Waals surface area contributed by atoms with Crippen LogP contribution in [-0.4, -0.2) is 11.7 Å². The number of fused-ring (bicyclic) bond motifs is 1. The molecule has 0 aliphatic carbocycles. The summed E-state index contributed by atoms with van der Waals surface area (Å²) in [7, 11) is 0. The standard InChI is InChI=1S/C14H11Cl2NO2/c15-8-1-4-11(16)12(5-8)17-13-7-19-14-6-9(18)2-3-10(13)14/h1-6,13,17-18H,7H2. The average molecular weight is 296 g/mol. The van der Waals surface area contributed by atoms with Crippen LogP contribution in [0.15, 0.2) is 36.4 Å². The normalized spacial score (nSPS) is 16.8. The predicted molar refractivity (Wildman–Crippen MR) is 76.4 cm³/mol. The minimum absolute atomic E-state index is 0.00781. The molecule has 19 heavy (non-hydrogen) atoms. The summed E-state index contributed by atoms with van der Waals surface area (Å²) in [6, 6.07) is 10.4. The van der Waals surface area contributed by atoms with Crippen molar-refractivity contribution in [2.45, 2.75) is 6.04 Å². The lowest BCUT2D eigenvalue weighted by Crippen LogP contribution is -2.12. The Morgan fingerprint density at radius 1 is 1.16 bits per heavy atom. The van der Waals surface area contributed by atoms with Crippen LogP contribution in [0.25, 0.3) is 0 Å². The Kier molecular flexibility index (Phi) is 3.17. The Balaban J connectivity index is 1.88. The first-order valence-electron chi connectivity index (χ1n) is 5.81. The fourth-order valence-electron chi connectivity index (χ4n) is 2.11. The maximum absolute atomic E-state index is 9.41. The van der Waals surface area contributed by atoms with E-state index >= 15 is 0 Å². The highest BCUT2D eigenvalue weighted by molar-refractivity contribution is 6.35. The molecule has 2 N–H and O–H groups in total. The van der Waals surface area contributed by atoms with E-state index in [1.165, 1.54) is 0 Å². The van der Waals surface area contributed by atoms with Gasteiger partial charge in [0.25, 0.3) is 0 Å². The number of rotatable bonds is 2. The number of hydrogen-bond donors (Lipinski definition) is 2. The van der Waals surface area contributed by atoms with Gasteiger partial charge in [-0.2, -0.15) is 0 Å². The van der Waals surface area contributed by atoms with Crippen LogP contribution in [0.4, 0.5) is 5.69 Å². The molecule has 0 fully saturated rings. The molecule has 3 rings (SSSR count). The van der Waals surface area contributed by atoms with Gasteiger partial charge in [0.05, 0.1) is 16.8 Å². The molecule has 2 aromatic rings. The summed E-state index contributed by atoms with van der Waals surface area (Å²) >= 11 is 12.1. The van der Waals surface area contributed by atoms with E-state index in [1.54, 1.807) is 30.3 Å². The maximum Gasteiger partial charge on any atom is 0.128 e. The lowest BCUT2D eigenvalue weighted by atomic mass is 10.1. The number of ether oxygens (including phenoxy) is 1. The monoisotopic (exact) mass is 295 g/mol. The molecule has 0 amide bonds. The molecule has 1 atom stereocenters. The van der Waals surface area contributed by atoms with Crippen molar-refractivity contribution in [1.29, 1.82) is 0 Å². The van der Waals surface area contributed by atoms with Gasteiger partial charge in [-0.25, -0.2) is 0 Å². The fourth-order valence-corrected chi connectivity index (χ4v) is 2.46. The summed E-state index contributed by atoms with van der Waals surface area (Å²) in [5, 5.41) is 13.9. The van der Waals surface area contributed by atoms with Gasteiger partial charge in [0, 0.05) is 16.7 Å². The fraction of sp³-hybridized carbons (Fsp3) is 0.143. The molecule has 0 saturated heterocycles. The van der Waals surface area contributed by atoms with Crippen molar-refractivity contribution in [1.82, 2.24) is 0 Å². The van der Waals surface area contributed by atoms with Crippen LogP contribution in [0.3, 0.4) is 0 Å². The SMILES string of the molecule is Oc1ccc2c(c1)OCC2Nc1cc(Cl)ccc1Cl. The Labute approximate surface area is 120 Å². The van der Waals surface area contributed by atoms with E-state index in [1.807, 2.05) is 6.07 Å². The summed E-state index contributed by atoms with van der Waals surface area (Å²) in [6.45, 7) is 0.488. The van der Waals surface area contributed by atoms with E-state index < -0.39 is 0 Å². The van der Waals surface area contributed by atoms with E-state index in [0.29, 0.717) is 22.4 Å². The molecule has 1 aliphatic heterocycles. The highest BCUT2D eigenvalue weighted by atomic mass is 35.5. The van der Waals surface area contributed by atoms with E-state index in [4.69, 9.17) is 27.9 Å². The Morgan fingerprint density at radius 3 is 2.84 bits per heavy atom. The van der Waals surface area contributed by atoms with Crippen molar-refractivity contribution >= 4 is 28.9 Å². The number of aromatic hydroxyl groups is 1. The van der Waals surface area contributed by atoms with Crippen LogP contribution in [-0.2, 0) is 0 Å². The zero-order chi connectivity index (χ0) is 13.4. The van der Waals surface area contributed by atoms with Crippen LogP contribution in [0, 0.1) is 0 Å². The van der Waals surface area contributed by atoms with Crippen LogP contribution < -0.4 is 10.1 Å². The van der Waals surface area contributed by atoms with Crippen molar-refractivity contribution < 1.29 is 9.84 Å². The van der Waals surface area contributed by atoms with Gasteiger partial charge in [-0.3, -0.25) is 0 Å². The van der Waals surface area contributed by atoms with Gasteiger partial charge in [0.1, 0.15) is 18.1 Å². The van der Waals surface area contributed by atoms with Gasteiger partial charge in [-0.15, -0.1) is 0 Å². The smallest absolute Gasteiger partial charge is 0.128 e. The number of nitrogens with one attached hydrogen (secondary N) is 1. The lowest BCUT2D eigenvalue weighted by molar-refractivity contribution is 0.338. The van der Waals surface area contributed by atoms with Gasteiger partial charge in [-0.1, -0.05) is 23.2 Å². The Morgan fingerprint density at radius 2 is 2.00 bits per heavy atom. The summed E-state index contributed by atoms with van der Waals surface area (Å²) in [5.41, 5.74) is 1.76. The van der Waals surface area contributed by atoms with Gasteiger partial charge in [0.15, 0.2) is 0 Å². The molecule has 0 aromatic heterocycles. The van der Waals surface area contributed by atoms with Gasteiger partial charge >= 0.3 is 0 Å². The number of hydrogen-bond acceptors (Lipinski definition) is 3. The molecular weight excluding hydrogens is 285 g/mol. The first-order valence-corrected chi connectivity index (χ1v) is 6.56. The largest absolute Gasteiger partial charge is 0.508 e. The van der Waals surface area contributed by atoms with Crippen molar-refractivity contribution in [3.63, 3.8) is 0 Å². The zero-order valence-corrected chi connectivity index (χ0v) is 11.4. The average Bonchev–Trinajstić information content (AvgIpc) is 2.76. The second-order valence-electron chi connectivity index (χ2n) is 4.35. The third-order valence-corrected chi connectivity index (χ3v) is 3.60. The molecule has 5 heteroatoms. The summed E-state index contributed by atoms with van der Waals surface area (Å²) in [5.74, 6) is 0.885. The zero-order valence-electron chi connectivity index (χ0n) is 9.86. The molecule has 3 nitrogen and oxygen atoms in total. The number of halogens is 2. The molecule has 1 heterocycles. The second-order valence-corrected chi connectivity index (χ2v) is 5.20. The molecule has 0 saturated carbocycles. The first-order chi connectivity index (χ1) is 9.13. The van der Waals surface area contributed by atoms with Crippen molar-refractivity contribution in [3.8, 4) is 11.5 Å². The third-order valence-electron chi connectivity index (χ3n) is 3.04. The van der Waals surface area contributed by atoms with E-state index in [0.717, 1.165) is 11.3 Å². The highest BCUT2D eigenvalue weighted by Gasteiger charge is 2.24. The molecule has 0 spiro atoms. The van der Waals surface area contributed by atoms with E-state index in [-0.39, 0.29) is 11.8 Å². The van der Waals surface area contributed by atoms with Gasteiger partial charge < -0.3 is 15.2 Å². The van der Waals surface area contributed by atoms with Crippen molar-refractivity contribution in [3.05, 3.63) is 52.0 Å². The van der Waals surface area contributed by atoms with E-state index in [2.05, 4.69) is 5.32 Å². The number of benzene rings is 2. The minimum Gasteiger partial charge on any atom is -0.508 e. The van der Waals surface area contributed by atoms with E-state index in [9.17, 15) is 5.11 Å². The second kappa shape index (κ2) is 4.83. The topological polar surface area (TPSA) is 41.5 Å². The summed E-state index contributed by atoms with van der Waals surface area (Å²) < 4.78 is 5.54. The summed E-state index contributed by atoms with van der Waals surface area (Å²) in [6.07, 6.45) is 0. The van der Waals surface area contributed by atoms with Crippen LogP contribution >= 0.6 is 23.2 Å². The molecular formula is C14H11Cl2NO2. The van der Waals surface area contributed by atoms with Crippen molar-refractivity contribution in [2.24, 2.45) is 0 Å². The molecule has 98 valence electrons. The molecule has 1 unspecified atom stereocenters. The Bertz CT molecular complexity index is 631.